The Morgan fingerprint density at radius 1 is 0.931 bits per heavy atom. The number of anilines is 2. The molecule has 150 valence electrons. The van der Waals surface area contributed by atoms with E-state index in [1.54, 1.807) is 34.1 Å². The molecule has 6 nitrogen and oxygen atoms in total. The molecule has 2 amide bonds. The molecule has 1 fully saturated rings. The number of carbonyl (C=O) groups is 3. The van der Waals surface area contributed by atoms with E-state index in [1.807, 2.05) is 18.2 Å². The van der Waals surface area contributed by atoms with Crippen molar-refractivity contribution in [3.8, 4) is 0 Å². The molecule has 2 heterocycles. The Morgan fingerprint density at radius 2 is 1.72 bits per heavy atom. The zero-order valence-electron chi connectivity index (χ0n) is 16.5. The molecule has 2 aromatic carbocycles. The number of hydrogen-bond acceptors (Lipinski definition) is 4. The summed E-state index contributed by atoms with van der Waals surface area (Å²) in [6.07, 6.45) is 4.04. The summed E-state index contributed by atoms with van der Waals surface area (Å²) in [5, 5.41) is 0. The van der Waals surface area contributed by atoms with Crippen molar-refractivity contribution in [3.63, 3.8) is 0 Å². The minimum atomic E-state index is -0.383. The zero-order valence-corrected chi connectivity index (χ0v) is 16.5. The highest BCUT2D eigenvalue weighted by molar-refractivity contribution is 6.08. The predicted octanol–water partition coefficient (Wildman–Crippen LogP) is 3.58. The molecule has 29 heavy (non-hydrogen) atoms. The number of nitrogens with zero attached hydrogens (tertiary/aromatic N) is 2. The van der Waals surface area contributed by atoms with Crippen LogP contribution in [0.15, 0.2) is 42.5 Å². The lowest BCUT2D eigenvalue weighted by atomic mass is 9.95. The molecule has 0 radical (unpaired) electrons. The van der Waals surface area contributed by atoms with Gasteiger partial charge in [0.15, 0.2) is 0 Å². The number of piperidine rings is 1. The second-order valence-electron chi connectivity index (χ2n) is 7.40. The van der Waals surface area contributed by atoms with E-state index in [9.17, 15) is 14.4 Å². The smallest absolute Gasteiger partial charge is 0.338 e. The minimum Gasteiger partial charge on any atom is -0.465 e. The Hall–Kier alpha value is -3.15. The van der Waals surface area contributed by atoms with E-state index >= 15 is 0 Å². The number of esters is 1. The lowest BCUT2D eigenvalue weighted by molar-refractivity contribution is -0.119. The number of carbonyl (C=O) groups excluding carboxylic acids is 3. The van der Waals surface area contributed by atoms with Gasteiger partial charge in [0.25, 0.3) is 5.91 Å². The normalized spacial score (nSPS) is 16.4. The molecule has 0 N–H and O–H groups in total. The Bertz CT molecular complexity index is 952. The number of benzene rings is 2. The van der Waals surface area contributed by atoms with Crippen molar-refractivity contribution in [3.05, 3.63) is 59.2 Å². The van der Waals surface area contributed by atoms with Crippen LogP contribution in [-0.2, 0) is 16.0 Å². The summed E-state index contributed by atoms with van der Waals surface area (Å²) in [5.41, 5.74) is 3.53. The number of hydrogen-bond donors (Lipinski definition) is 0. The monoisotopic (exact) mass is 392 g/mol. The van der Waals surface area contributed by atoms with Crippen molar-refractivity contribution >= 4 is 29.2 Å². The van der Waals surface area contributed by atoms with Crippen LogP contribution in [-0.4, -0.2) is 38.0 Å². The first kappa shape index (κ1) is 19.2. The van der Waals surface area contributed by atoms with Crippen LogP contribution in [0.3, 0.4) is 0 Å². The van der Waals surface area contributed by atoms with Crippen molar-refractivity contribution in [2.45, 2.75) is 32.1 Å². The van der Waals surface area contributed by atoms with Gasteiger partial charge in [0, 0.05) is 36.4 Å². The molecule has 0 aromatic heterocycles. The van der Waals surface area contributed by atoms with Gasteiger partial charge in [-0.15, -0.1) is 0 Å². The van der Waals surface area contributed by atoms with Gasteiger partial charge >= 0.3 is 5.97 Å². The quantitative estimate of drug-likeness (QED) is 0.749. The molecule has 0 atom stereocenters. The fraction of sp³-hybridized carbons (Fsp3) is 0.348. The second kappa shape index (κ2) is 8.07. The number of amides is 2. The van der Waals surface area contributed by atoms with Crippen LogP contribution in [0.25, 0.3) is 0 Å². The highest BCUT2D eigenvalue weighted by Gasteiger charge is 2.27. The van der Waals surface area contributed by atoms with E-state index in [0.29, 0.717) is 24.1 Å². The number of ether oxygens (including phenoxy) is 1. The molecular weight excluding hydrogens is 368 g/mol. The second-order valence-corrected chi connectivity index (χ2v) is 7.40. The van der Waals surface area contributed by atoms with Gasteiger partial charge in [-0.1, -0.05) is 6.07 Å². The molecule has 0 aliphatic carbocycles. The van der Waals surface area contributed by atoms with Gasteiger partial charge in [-0.3, -0.25) is 9.59 Å². The van der Waals surface area contributed by atoms with E-state index in [4.69, 9.17) is 4.74 Å². The molecule has 1 saturated heterocycles. The summed E-state index contributed by atoms with van der Waals surface area (Å²) >= 11 is 0. The summed E-state index contributed by atoms with van der Waals surface area (Å²) in [6.45, 7) is 1.32. The largest absolute Gasteiger partial charge is 0.465 e. The van der Waals surface area contributed by atoms with Crippen molar-refractivity contribution < 1.29 is 19.1 Å². The first-order valence-electron chi connectivity index (χ1n) is 10.0. The van der Waals surface area contributed by atoms with E-state index < -0.39 is 0 Å². The van der Waals surface area contributed by atoms with Crippen LogP contribution in [0.2, 0.25) is 0 Å². The van der Waals surface area contributed by atoms with Crippen LogP contribution in [0, 0.1) is 0 Å². The summed E-state index contributed by atoms with van der Waals surface area (Å²) in [6, 6.07) is 12.6. The third-order valence-electron chi connectivity index (χ3n) is 5.65. The summed E-state index contributed by atoms with van der Waals surface area (Å²) < 4.78 is 4.89. The Morgan fingerprint density at radius 3 is 2.45 bits per heavy atom. The first-order valence-corrected chi connectivity index (χ1v) is 10.0. The van der Waals surface area contributed by atoms with Crippen LogP contribution >= 0.6 is 0 Å². The van der Waals surface area contributed by atoms with Gasteiger partial charge in [-0.05, 0) is 67.6 Å². The lowest BCUT2D eigenvalue weighted by Crippen LogP contribution is -2.36. The van der Waals surface area contributed by atoms with E-state index in [2.05, 4.69) is 0 Å². The van der Waals surface area contributed by atoms with Gasteiger partial charge < -0.3 is 14.5 Å². The fourth-order valence-electron chi connectivity index (χ4n) is 4.16. The third kappa shape index (κ3) is 3.62. The summed E-state index contributed by atoms with van der Waals surface area (Å²) in [4.78, 5) is 40.9. The van der Waals surface area contributed by atoms with Gasteiger partial charge in [-0.25, -0.2) is 4.79 Å². The molecular formula is C23H24N2O4. The SMILES string of the molecule is COC(=O)c1cccc2c1CCCN2C(=O)c1ccc(N2CCCCC2=O)cc1. The first-order chi connectivity index (χ1) is 14.1. The number of fused-ring (bicyclic) bond motifs is 1. The minimum absolute atomic E-state index is 0.107. The van der Waals surface area contributed by atoms with Crippen LogP contribution in [0.1, 0.15) is 52.0 Å². The van der Waals surface area contributed by atoms with Crippen molar-refractivity contribution in [1.29, 1.82) is 0 Å². The highest BCUT2D eigenvalue weighted by atomic mass is 16.5. The standard InChI is InChI=1S/C23H24N2O4/c1-29-23(28)19-6-4-8-20-18(19)7-5-15-25(20)22(27)16-10-12-17(13-11-16)24-14-3-2-9-21(24)26/h4,6,8,10-13H,2-3,5,7,9,14-15H2,1H3. The zero-order chi connectivity index (χ0) is 20.4. The van der Waals surface area contributed by atoms with E-state index in [-0.39, 0.29) is 17.8 Å². The molecule has 2 aliphatic heterocycles. The maximum absolute atomic E-state index is 13.2. The van der Waals surface area contributed by atoms with Crippen LogP contribution < -0.4 is 9.80 Å². The average Bonchev–Trinajstić information content (AvgIpc) is 2.77. The maximum atomic E-state index is 13.2. The molecule has 2 aromatic rings. The molecule has 2 aliphatic rings. The van der Waals surface area contributed by atoms with E-state index in [0.717, 1.165) is 49.2 Å². The lowest BCUT2D eigenvalue weighted by Gasteiger charge is -2.31. The molecule has 4 rings (SSSR count). The van der Waals surface area contributed by atoms with Gasteiger partial charge in [0.1, 0.15) is 0 Å². The Kier molecular flexibility index (Phi) is 5.34. The highest BCUT2D eigenvalue weighted by Crippen LogP contribution is 2.32. The number of methoxy groups -OCH3 is 1. The predicted molar refractivity (Wildman–Crippen MR) is 110 cm³/mol. The molecule has 0 bridgehead atoms. The molecule has 6 heteroatoms. The Balaban J connectivity index is 1.60. The topological polar surface area (TPSA) is 66.9 Å². The van der Waals surface area contributed by atoms with Crippen molar-refractivity contribution in [2.75, 3.05) is 30.0 Å². The molecule has 0 spiro atoms. The van der Waals surface area contributed by atoms with Gasteiger partial charge in [0.2, 0.25) is 5.91 Å². The number of rotatable bonds is 3. The molecule has 0 saturated carbocycles. The van der Waals surface area contributed by atoms with Crippen LogP contribution in [0.5, 0.6) is 0 Å². The molecule has 0 unspecified atom stereocenters. The average molecular weight is 392 g/mol. The summed E-state index contributed by atoms with van der Waals surface area (Å²) in [5.74, 6) is -0.355. The maximum Gasteiger partial charge on any atom is 0.338 e. The van der Waals surface area contributed by atoms with Crippen molar-refractivity contribution in [2.24, 2.45) is 0 Å². The fourth-order valence-corrected chi connectivity index (χ4v) is 4.16. The van der Waals surface area contributed by atoms with Crippen LogP contribution in [0.4, 0.5) is 11.4 Å². The third-order valence-corrected chi connectivity index (χ3v) is 5.65. The van der Waals surface area contributed by atoms with E-state index in [1.165, 1.54) is 7.11 Å². The van der Waals surface area contributed by atoms with Crippen molar-refractivity contribution in [1.82, 2.24) is 0 Å². The summed E-state index contributed by atoms with van der Waals surface area (Å²) in [7, 11) is 1.36. The Labute approximate surface area is 170 Å². The van der Waals surface area contributed by atoms with Gasteiger partial charge in [-0.2, -0.15) is 0 Å². The van der Waals surface area contributed by atoms with Gasteiger partial charge in [0.05, 0.1) is 12.7 Å².